The first-order chi connectivity index (χ1) is 7.47. The number of hydrogen-bond donors (Lipinski definition) is 1. The summed E-state index contributed by atoms with van der Waals surface area (Å²) in [5, 5.41) is 2.92. The van der Waals surface area contributed by atoms with E-state index in [4.69, 9.17) is 4.74 Å². The molecule has 1 rings (SSSR count). The molecule has 0 bridgehead atoms. The summed E-state index contributed by atoms with van der Waals surface area (Å²) in [7, 11) is 0. The molecule has 0 unspecified atom stereocenters. The molecule has 0 spiro atoms. The van der Waals surface area contributed by atoms with Gasteiger partial charge in [-0.1, -0.05) is 25.7 Å². The predicted molar refractivity (Wildman–Crippen MR) is 65.3 cm³/mol. The van der Waals surface area contributed by atoms with Crippen LogP contribution in [-0.4, -0.2) is 24.7 Å². The third kappa shape index (κ3) is 6.11. The number of hydrogen-bond acceptors (Lipinski definition) is 2. The van der Waals surface area contributed by atoms with Crippen LogP contribution in [0.2, 0.25) is 0 Å². The van der Waals surface area contributed by atoms with Crippen molar-refractivity contribution in [3.8, 4) is 0 Å². The highest BCUT2D eigenvalue weighted by Gasteiger charge is 2.15. The maximum absolute atomic E-state index is 11.4. The third-order valence-electron chi connectivity index (χ3n) is 2.99. The summed E-state index contributed by atoms with van der Waals surface area (Å²) in [4.78, 5) is 11.4. The van der Waals surface area contributed by atoms with Crippen molar-refractivity contribution >= 4 is 5.91 Å². The van der Waals surface area contributed by atoms with Crippen LogP contribution < -0.4 is 5.32 Å². The van der Waals surface area contributed by atoms with E-state index in [1.165, 1.54) is 25.7 Å². The lowest BCUT2D eigenvalue weighted by Crippen LogP contribution is -2.33. The minimum absolute atomic E-state index is 0.00734. The smallest absolute Gasteiger partial charge is 0.246 e. The molecule has 0 radical (unpaired) electrons. The lowest BCUT2D eigenvalue weighted by molar-refractivity contribution is -0.130. The average molecular weight is 227 g/mol. The van der Waals surface area contributed by atoms with E-state index < -0.39 is 0 Å². The Balaban J connectivity index is 2.01. The summed E-state index contributed by atoms with van der Waals surface area (Å²) in [5.74, 6) is 0.844. The quantitative estimate of drug-likeness (QED) is 0.783. The van der Waals surface area contributed by atoms with Gasteiger partial charge in [-0.05, 0) is 33.1 Å². The normalized spacial score (nSPS) is 17.7. The minimum atomic E-state index is -0.233. The van der Waals surface area contributed by atoms with Gasteiger partial charge in [0.15, 0.2) is 0 Å². The second kappa shape index (κ2) is 6.24. The van der Waals surface area contributed by atoms with Gasteiger partial charge >= 0.3 is 0 Å². The van der Waals surface area contributed by atoms with Crippen LogP contribution in [0.5, 0.6) is 0 Å². The average Bonchev–Trinajstić information content (AvgIpc) is 2.66. The Morgan fingerprint density at radius 2 is 1.94 bits per heavy atom. The molecule has 1 aliphatic rings. The molecule has 0 saturated heterocycles. The molecule has 0 aromatic rings. The maximum atomic E-state index is 11.4. The molecule has 1 amide bonds. The van der Waals surface area contributed by atoms with Crippen molar-refractivity contribution in [3.05, 3.63) is 0 Å². The molecule has 1 saturated carbocycles. The summed E-state index contributed by atoms with van der Waals surface area (Å²) in [6.45, 7) is 6.85. The van der Waals surface area contributed by atoms with Gasteiger partial charge in [0.1, 0.15) is 6.61 Å². The second-order valence-corrected chi connectivity index (χ2v) is 5.69. The van der Waals surface area contributed by atoms with Crippen molar-refractivity contribution in [2.75, 3.05) is 13.2 Å². The molecule has 1 N–H and O–H groups in total. The number of amides is 1. The van der Waals surface area contributed by atoms with E-state index in [9.17, 15) is 4.79 Å². The van der Waals surface area contributed by atoms with Crippen molar-refractivity contribution < 1.29 is 9.53 Å². The molecule has 94 valence electrons. The summed E-state index contributed by atoms with van der Waals surface area (Å²) in [6.07, 6.45) is 6.54. The summed E-state index contributed by atoms with van der Waals surface area (Å²) < 4.78 is 5.40. The second-order valence-electron chi connectivity index (χ2n) is 5.69. The summed E-state index contributed by atoms with van der Waals surface area (Å²) in [5.41, 5.74) is -0.233. The van der Waals surface area contributed by atoms with Crippen molar-refractivity contribution in [3.63, 3.8) is 0 Å². The fourth-order valence-electron chi connectivity index (χ4n) is 2.05. The first-order valence-electron chi connectivity index (χ1n) is 6.38. The van der Waals surface area contributed by atoms with Gasteiger partial charge in [-0.25, -0.2) is 0 Å². The fourth-order valence-corrected chi connectivity index (χ4v) is 2.05. The molecule has 0 heterocycles. The Morgan fingerprint density at radius 1 is 1.31 bits per heavy atom. The van der Waals surface area contributed by atoms with Gasteiger partial charge < -0.3 is 10.1 Å². The molecule has 0 aromatic heterocycles. The standard InChI is InChI=1S/C13H25NO2/c1-13(2,3)16-10-12(15)14-9-8-11-6-4-5-7-11/h11H,4-10H2,1-3H3,(H,14,15). The number of carbonyl (C=O) groups excluding carboxylic acids is 1. The van der Waals surface area contributed by atoms with Gasteiger partial charge in [-0.2, -0.15) is 0 Å². The maximum Gasteiger partial charge on any atom is 0.246 e. The number of ether oxygens (including phenoxy) is 1. The molecule has 0 aromatic carbocycles. The van der Waals surface area contributed by atoms with Gasteiger partial charge in [0.25, 0.3) is 0 Å². The lowest BCUT2D eigenvalue weighted by atomic mass is 10.0. The molecular formula is C13H25NO2. The van der Waals surface area contributed by atoms with E-state index >= 15 is 0 Å². The van der Waals surface area contributed by atoms with E-state index in [1.54, 1.807) is 0 Å². The summed E-state index contributed by atoms with van der Waals surface area (Å²) >= 11 is 0. The van der Waals surface area contributed by atoms with E-state index in [2.05, 4.69) is 5.32 Å². The Morgan fingerprint density at radius 3 is 2.50 bits per heavy atom. The van der Waals surface area contributed by atoms with Crippen LogP contribution in [0.1, 0.15) is 52.9 Å². The third-order valence-corrected chi connectivity index (χ3v) is 2.99. The van der Waals surface area contributed by atoms with Crippen LogP contribution in [0.3, 0.4) is 0 Å². The highest BCUT2D eigenvalue weighted by Crippen LogP contribution is 2.26. The molecule has 3 heteroatoms. The van der Waals surface area contributed by atoms with Gasteiger partial charge in [0.2, 0.25) is 5.91 Å². The van der Waals surface area contributed by atoms with E-state index in [1.807, 2.05) is 20.8 Å². The van der Waals surface area contributed by atoms with Gasteiger partial charge in [-0.3, -0.25) is 4.79 Å². The van der Waals surface area contributed by atoms with Crippen LogP contribution in [0.15, 0.2) is 0 Å². The van der Waals surface area contributed by atoms with Gasteiger partial charge in [0.05, 0.1) is 5.60 Å². The topological polar surface area (TPSA) is 38.3 Å². The Bertz CT molecular complexity index is 214. The van der Waals surface area contributed by atoms with E-state index in [-0.39, 0.29) is 18.1 Å². The Kier molecular flexibility index (Phi) is 5.26. The molecule has 1 fully saturated rings. The number of carbonyl (C=O) groups is 1. The monoisotopic (exact) mass is 227 g/mol. The lowest BCUT2D eigenvalue weighted by Gasteiger charge is -2.19. The van der Waals surface area contributed by atoms with Gasteiger partial charge in [-0.15, -0.1) is 0 Å². The van der Waals surface area contributed by atoms with Crippen LogP contribution in [-0.2, 0) is 9.53 Å². The molecule has 3 nitrogen and oxygen atoms in total. The highest BCUT2D eigenvalue weighted by molar-refractivity contribution is 5.77. The van der Waals surface area contributed by atoms with Crippen LogP contribution in [0.25, 0.3) is 0 Å². The first-order valence-corrected chi connectivity index (χ1v) is 6.38. The van der Waals surface area contributed by atoms with Crippen molar-refractivity contribution in [2.24, 2.45) is 5.92 Å². The minimum Gasteiger partial charge on any atom is -0.366 e. The van der Waals surface area contributed by atoms with Crippen LogP contribution in [0.4, 0.5) is 0 Å². The Labute approximate surface area is 98.9 Å². The fraction of sp³-hybridized carbons (Fsp3) is 0.923. The molecule has 1 aliphatic carbocycles. The van der Waals surface area contributed by atoms with E-state index in [0.717, 1.165) is 18.9 Å². The summed E-state index contributed by atoms with van der Waals surface area (Å²) in [6, 6.07) is 0. The molecule has 0 aliphatic heterocycles. The van der Waals surface area contributed by atoms with Crippen molar-refractivity contribution in [1.29, 1.82) is 0 Å². The van der Waals surface area contributed by atoms with Crippen molar-refractivity contribution in [1.82, 2.24) is 5.32 Å². The zero-order valence-electron chi connectivity index (χ0n) is 10.8. The zero-order valence-corrected chi connectivity index (χ0v) is 10.8. The predicted octanol–water partition coefficient (Wildman–Crippen LogP) is 2.50. The van der Waals surface area contributed by atoms with Crippen LogP contribution in [0, 0.1) is 5.92 Å². The molecular weight excluding hydrogens is 202 g/mol. The Hall–Kier alpha value is -0.570. The van der Waals surface area contributed by atoms with Gasteiger partial charge in [0, 0.05) is 6.54 Å². The number of rotatable bonds is 5. The largest absolute Gasteiger partial charge is 0.366 e. The number of nitrogens with one attached hydrogen (secondary N) is 1. The molecule has 16 heavy (non-hydrogen) atoms. The zero-order chi connectivity index (χ0) is 12.0. The first kappa shape index (κ1) is 13.5. The SMILES string of the molecule is CC(C)(C)OCC(=O)NCCC1CCCC1. The molecule has 0 atom stereocenters. The van der Waals surface area contributed by atoms with Crippen molar-refractivity contribution in [2.45, 2.75) is 58.5 Å². The van der Waals surface area contributed by atoms with E-state index in [0.29, 0.717) is 0 Å². The highest BCUT2D eigenvalue weighted by atomic mass is 16.5. The van der Waals surface area contributed by atoms with Crippen LogP contribution >= 0.6 is 0 Å².